The summed E-state index contributed by atoms with van der Waals surface area (Å²) >= 11 is 0. The number of para-hydroxylation sites is 2. The molecule has 0 N–H and O–H groups in total. The van der Waals surface area contributed by atoms with Gasteiger partial charge in [-0.15, -0.1) is 0 Å². The number of hydrogen-bond donors (Lipinski definition) is 0. The summed E-state index contributed by atoms with van der Waals surface area (Å²) in [4.78, 5) is 0. The number of hydrogen-bond acceptors (Lipinski definition) is 0. The fourth-order valence-electron chi connectivity index (χ4n) is 7.68. The van der Waals surface area contributed by atoms with E-state index < -0.39 is 0 Å². The summed E-state index contributed by atoms with van der Waals surface area (Å²) in [5.41, 5.74) is 12.0. The van der Waals surface area contributed by atoms with Crippen LogP contribution in [0, 0.1) is 0 Å². The van der Waals surface area contributed by atoms with Gasteiger partial charge in [0.15, 0.2) is 0 Å². The molecular formula is C46H30N2. The summed E-state index contributed by atoms with van der Waals surface area (Å²) in [6, 6.07) is 66.2. The normalized spacial score (nSPS) is 11.8. The Morgan fingerprint density at radius 1 is 0.271 bits per heavy atom. The van der Waals surface area contributed by atoms with Gasteiger partial charge in [-0.2, -0.15) is 0 Å². The summed E-state index contributed by atoms with van der Waals surface area (Å²) in [5, 5.41) is 7.53. The standard InChI is InChI=1S/C46H30N2/c1-2-12-31(13-3-1)32-24-26-33(27-25-32)35-16-10-17-36(28-35)47-43-21-8-6-19-38(43)40-29-41-39-20-7-9-22-44(39)48(46(41)30-45(40)47)42-23-11-15-34-14-4-5-18-37(34)42/h1-30H. The predicted octanol–water partition coefficient (Wildman–Crippen LogP) is 12.4. The Balaban J connectivity index is 1.22. The quantitative estimate of drug-likeness (QED) is 0.188. The molecule has 224 valence electrons. The van der Waals surface area contributed by atoms with Crippen LogP contribution in [-0.4, -0.2) is 9.13 Å². The van der Waals surface area contributed by atoms with Gasteiger partial charge in [0.2, 0.25) is 0 Å². The van der Waals surface area contributed by atoms with Crippen molar-refractivity contribution in [1.29, 1.82) is 0 Å². The largest absolute Gasteiger partial charge is 0.309 e. The number of benzene rings is 8. The second-order valence-electron chi connectivity index (χ2n) is 12.6. The van der Waals surface area contributed by atoms with Crippen molar-refractivity contribution >= 4 is 54.4 Å². The molecule has 0 radical (unpaired) electrons. The lowest BCUT2D eigenvalue weighted by Gasteiger charge is -2.13. The Morgan fingerprint density at radius 2 is 0.792 bits per heavy atom. The highest BCUT2D eigenvalue weighted by Gasteiger charge is 2.19. The van der Waals surface area contributed by atoms with Crippen molar-refractivity contribution in [2.75, 3.05) is 0 Å². The van der Waals surface area contributed by atoms with E-state index in [-0.39, 0.29) is 0 Å². The number of fused-ring (bicyclic) bond motifs is 7. The molecule has 0 unspecified atom stereocenters. The van der Waals surface area contributed by atoms with Gasteiger partial charge in [-0.25, -0.2) is 0 Å². The first-order chi connectivity index (χ1) is 23.8. The first-order valence-electron chi connectivity index (χ1n) is 16.5. The first kappa shape index (κ1) is 26.8. The van der Waals surface area contributed by atoms with Crippen molar-refractivity contribution in [3.8, 4) is 33.6 Å². The fraction of sp³-hybridized carbons (Fsp3) is 0. The molecule has 0 aliphatic rings. The van der Waals surface area contributed by atoms with Crippen LogP contribution >= 0.6 is 0 Å². The zero-order valence-corrected chi connectivity index (χ0v) is 26.2. The summed E-state index contributed by atoms with van der Waals surface area (Å²) in [6.45, 7) is 0. The van der Waals surface area contributed by atoms with Crippen LogP contribution in [0.2, 0.25) is 0 Å². The molecule has 2 nitrogen and oxygen atoms in total. The van der Waals surface area contributed by atoms with Crippen molar-refractivity contribution in [3.05, 3.63) is 182 Å². The average Bonchev–Trinajstić information content (AvgIpc) is 3.66. The third kappa shape index (κ3) is 4.06. The highest BCUT2D eigenvalue weighted by atomic mass is 15.0. The van der Waals surface area contributed by atoms with Crippen LogP contribution in [0.15, 0.2) is 182 Å². The molecule has 0 aliphatic carbocycles. The molecule has 0 amide bonds. The van der Waals surface area contributed by atoms with Crippen molar-refractivity contribution < 1.29 is 0 Å². The summed E-state index contributed by atoms with van der Waals surface area (Å²) in [7, 11) is 0. The van der Waals surface area contributed by atoms with Gasteiger partial charge in [0, 0.05) is 32.6 Å². The van der Waals surface area contributed by atoms with Crippen LogP contribution in [0.1, 0.15) is 0 Å². The molecule has 0 atom stereocenters. The lowest BCUT2D eigenvalue weighted by molar-refractivity contribution is 1.17. The topological polar surface area (TPSA) is 9.86 Å². The van der Waals surface area contributed by atoms with E-state index in [2.05, 4.69) is 191 Å². The third-order valence-corrected chi connectivity index (χ3v) is 9.90. The van der Waals surface area contributed by atoms with Crippen LogP contribution in [0.25, 0.3) is 88.0 Å². The first-order valence-corrected chi connectivity index (χ1v) is 16.5. The minimum absolute atomic E-state index is 1.15. The molecule has 0 bridgehead atoms. The Hall–Kier alpha value is -6.38. The molecule has 0 saturated carbocycles. The molecule has 2 aromatic heterocycles. The summed E-state index contributed by atoms with van der Waals surface area (Å²) in [6.07, 6.45) is 0. The maximum absolute atomic E-state index is 2.46. The Kier molecular flexibility index (Phi) is 5.91. The van der Waals surface area contributed by atoms with Gasteiger partial charge in [0.1, 0.15) is 0 Å². The lowest BCUT2D eigenvalue weighted by atomic mass is 10.00. The van der Waals surface area contributed by atoms with Crippen molar-refractivity contribution in [3.63, 3.8) is 0 Å². The molecule has 0 aliphatic heterocycles. The van der Waals surface area contributed by atoms with Crippen molar-refractivity contribution in [1.82, 2.24) is 9.13 Å². The smallest absolute Gasteiger partial charge is 0.0562 e. The highest BCUT2D eigenvalue weighted by molar-refractivity contribution is 6.19. The molecule has 8 aromatic carbocycles. The molecule has 0 fully saturated rings. The van der Waals surface area contributed by atoms with Crippen LogP contribution in [0.4, 0.5) is 0 Å². The molecule has 0 saturated heterocycles. The summed E-state index contributed by atoms with van der Waals surface area (Å²) in [5.74, 6) is 0. The van der Waals surface area contributed by atoms with Crippen LogP contribution in [-0.2, 0) is 0 Å². The average molecular weight is 611 g/mol. The Labute approximate surface area is 278 Å². The molecule has 48 heavy (non-hydrogen) atoms. The zero-order chi connectivity index (χ0) is 31.6. The number of nitrogens with zero attached hydrogens (tertiary/aromatic N) is 2. The van der Waals surface area contributed by atoms with Gasteiger partial charge in [-0.05, 0) is 70.1 Å². The lowest BCUT2D eigenvalue weighted by Crippen LogP contribution is -1.97. The third-order valence-electron chi connectivity index (χ3n) is 9.90. The second-order valence-corrected chi connectivity index (χ2v) is 12.6. The van der Waals surface area contributed by atoms with E-state index >= 15 is 0 Å². The number of aromatic nitrogens is 2. The SMILES string of the molecule is c1ccc(-c2ccc(-c3cccc(-n4c5ccccc5c5cc6c7ccccc7n(-c7cccc8ccccc78)c6cc54)c3)cc2)cc1. The van der Waals surface area contributed by atoms with Crippen molar-refractivity contribution in [2.24, 2.45) is 0 Å². The van der Waals surface area contributed by atoms with E-state index in [0.717, 1.165) is 5.69 Å². The van der Waals surface area contributed by atoms with Crippen LogP contribution in [0.5, 0.6) is 0 Å². The molecule has 0 spiro atoms. The minimum atomic E-state index is 1.15. The van der Waals surface area contributed by atoms with Gasteiger partial charge in [-0.1, -0.05) is 140 Å². The second kappa shape index (κ2) is 10.6. The predicted molar refractivity (Wildman–Crippen MR) is 203 cm³/mol. The number of rotatable bonds is 4. The minimum Gasteiger partial charge on any atom is -0.309 e. The molecular weight excluding hydrogens is 581 g/mol. The Bertz CT molecular complexity index is 2810. The van der Waals surface area contributed by atoms with Gasteiger partial charge < -0.3 is 9.13 Å². The van der Waals surface area contributed by atoms with E-state index in [1.165, 1.54) is 82.3 Å². The molecule has 10 aromatic rings. The van der Waals surface area contributed by atoms with Crippen LogP contribution < -0.4 is 0 Å². The monoisotopic (exact) mass is 610 g/mol. The van der Waals surface area contributed by atoms with Crippen LogP contribution in [0.3, 0.4) is 0 Å². The van der Waals surface area contributed by atoms with Crippen molar-refractivity contribution in [2.45, 2.75) is 0 Å². The van der Waals surface area contributed by atoms with E-state index in [1.807, 2.05) is 0 Å². The van der Waals surface area contributed by atoms with Gasteiger partial charge >= 0.3 is 0 Å². The van der Waals surface area contributed by atoms with E-state index in [4.69, 9.17) is 0 Å². The van der Waals surface area contributed by atoms with Gasteiger partial charge in [0.25, 0.3) is 0 Å². The van der Waals surface area contributed by atoms with E-state index in [1.54, 1.807) is 0 Å². The zero-order valence-electron chi connectivity index (χ0n) is 26.2. The maximum atomic E-state index is 2.46. The fourth-order valence-corrected chi connectivity index (χ4v) is 7.68. The van der Waals surface area contributed by atoms with E-state index in [9.17, 15) is 0 Å². The van der Waals surface area contributed by atoms with E-state index in [0.29, 0.717) is 0 Å². The highest BCUT2D eigenvalue weighted by Crippen LogP contribution is 2.41. The maximum Gasteiger partial charge on any atom is 0.0562 e. The van der Waals surface area contributed by atoms with Gasteiger partial charge in [-0.3, -0.25) is 0 Å². The summed E-state index contributed by atoms with van der Waals surface area (Å²) < 4.78 is 4.90. The molecule has 2 heteroatoms. The Morgan fingerprint density at radius 3 is 1.54 bits per heavy atom. The molecule has 2 heterocycles. The molecule has 10 rings (SSSR count). The van der Waals surface area contributed by atoms with Gasteiger partial charge in [0.05, 0.1) is 27.8 Å².